The minimum Gasteiger partial charge on any atom is -0.211 e. The molecule has 0 unspecified atom stereocenters. The molecule has 1 N–H and O–H groups in total. The Morgan fingerprint density at radius 2 is 2.00 bits per heavy atom. The third-order valence-electron chi connectivity index (χ3n) is 2.26. The third-order valence-corrected chi connectivity index (χ3v) is 3.72. The van der Waals surface area contributed by atoms with E-state index in [4.69, 9.17) is 6.42 Å². The Balaban J connectivity index is 2.88. The van der Waals surface area contributed by atoms with Crippen LogP contribution in [0.5, 0.6) is 0 Å². The van der Waals surface area contributed by atoms with E-state index in [1.807, 2.05) is 0 Å². The Labute approximate surface area is 109 Å². The molecule has 0 fully saturated rings. The number of nitrogens with one attached hydrogen (secondary N) is 1. The summed E-state index contributed by atoms with van der Waals surface area (Å²) in [6, 6.07) is 3.58. The summed E-state index contributed by atoms with van der Waals surface area (Å²) >= 11 is 0. The fourth-order valence-corrected chi connectivity index (χ4v) is 2.44. The van der Waals surface area contributed by atoms with Gasteiger partial charge in [-0.1, -0.05) is 6.07 Å². The predicted molar refractivity (Wildman–Crippen MR) is 64.7 cm³/mol. The van der Waals surface area contributed by atoms with E-state index in [0.29, 0.717) is 18.9 Å². The number of sulfonamides is 1. The molecule has 0 aliphatic carbocycles. The van der Waals surface area contributed by atoms with Gasteiger partial charge in [0, 0.05) is 13.0 Å². The van der Waals surface area contributed by atoms with Crippen LogP contribution in [0, 0.1) is 12.3 Å². The Morgan fingerprint density at radius 1 is 1.32 bits per heavy atom. The number of alkyl halides is 3. The summed E-state index contributed by atoms with van der Waals surface area (Å²) in [4.78, 5) is -0.414. The first-order chi connectivity index (χ1) is 8.77. The molecular formula is C12H12F3NO2S. The number of unbranched alkanes of at least 4 members (excludes halogenated alkanes) is 1. The van der Waals surface area contributed by atoms with Gasteiger partial charge in [-0.3, -0.25) is 0 Å². The molecule has 0 saturated carbocycles. The van der Waals surface area contributed by atoms with Crippen molar-refractivity contribution in [1.82, 2.24) is 4.72 Å². The predicted octanol–water partition coefficient (Wildman–Crippen LogP) is 2.40. The fraction of sp³-hybridized carbons (Fsp3) is 0.333. The molecule has 0 radical (unpaired) electrons. The number of rotatable bonds is 5. The molecular weight excluding hydrogens is 279 g/mol. The topological polar surface area (TPSA) is 46.2 Å². The van der Waals surface area contributed by atoms with E-state index in [2.05, 4.69) is 10.6 Å². The highest BCUT2D eigenvalue weighted by molar-refractivity contribution is 7.89. The van der Waals surface area contributed by atoms with Crippen LogP contribution < -0.4 is 4.72 Å². The molecule has 0 atom stereocenters. The van der Waals surface area contributed by atoms with Crippen LogP contribution in [0.1, 0.15) is 18.4 Å². The molecule has 7 heteroatoms. The molecule has 1 aromatic rings. The molecule has 19 heavy (non-hydrogen) atoms. The minimum atomic E-state index is -4.57. The van der Waals surface area contributed by atoms with Crippen LogP contribution in [-0.2, 0) is 16.2 Å². The molecule has 0 saturated heterocycles. The van der Waals surface area contributed by atoms with E-state index in [1.165, 1.54) is 0 Å². The van der Waals surface area contributed by atoms with Crippen LogP contribution in [0.3, 0.4) is 0 Å². The van der Waals surface area contributed by atoms with Crippen molar-refractivity contribution in [2.45, 2.75) is 23.9 Å². The zero-order chi connectivity index (χ0) is 14.5. The van der Waals surface area contributed by atoms with E-state index in [1.54, 1.807) is 0 Å². The molecule has 104 valence electrons. The van der Waals surface area contributed by atoms with Crippen molar-refractivity contribution in [3.63, 3.8) is 0 Å². The second kappa shape index (κ2) is 6.08. The van der Waals surface area contributed by atoms with Crippen molar-refractivity contribution >= 4 is 10.0 Å². The molecule has 0 heterocycles. The standard InChI is InChI=1S/C12H12F3NO2S/c1-2-3-4-8-16-19(17,18)11-7-5-6-10(9-11)12(13,14)15/h1,5-7,9,16H,3-4,8H2. The number of hydrogen-bond acceptors (Lipinski definition) is 2. The van der Waals surface area contributed by atoms with Gasteiger partial charge in [0.2, 0.25) is 10.0 Å². The van der Waals surface area contributed by atoms with Gasteiger partial charge in [-0.2, -0.15) is 13.2 Å². The van der Waals surface area contributed by atoms with E-state index in [-0.39, 0.29) is 6.54 Å². The Hall–Kier alpha value is -1.52. The monoisotopic (exact) mass is 291 g/mol. The zero-order valence-electron chi connectivity index (χ0n) is 9.87. The maximum Gasteiger partial charge on any atom is 0.416 e. The molecule has 0 spiro atoms. The number of terminal acetylenes is 1. The minimum absolute atomic E-state index is 0.0861. The van der Waals surface area contributed by atoms with Crippen LogP contribution in [-0.4, -0.2) is 15.0 Å². The van der Waals surface area contributed by atoms with Gasteiger partial charge < -0.3 is 0 Å². The van der Waals surface area contributed by atoms with E-state index >= 15 is 0 Å². The largest absolute Gasteiger partial charge is 0.416 e. The number of benzene rings is 1. The normalized spacial score (nSPS) is 12.1. The first kappa shape index (κ1) is 15.5. The van der Waals surface area contributed by atoms with Crippen molar-refractivity contribution in [1.29, 1.82) is 0 Å². The molecule has 0 aromatic heterocycles. The van der Waals surface area contributed by atoms with Crippen LogP contribution in [0.25, 0.3) is 0 Å². The van der Waals surface area contributed by atoms with Gasteiger partial charge in [-0.25, -0.2) is 13.1 Å². The van der Waals surface area contributed by atoms with Crippen LogP contribution in [0.4, 0.5) is 13.2 Å². The summed E-state index contributed by atoms with van der Waals surface area (Å²) < 4.78 is 63.1. The lowest BCUT2D eigenvalue weighted by Crippen LogP contribution is -2.25. The first-order valence-corrected chi connectivity index (χ1v) is 6.86. The summed E-state index contributed by atoms with van der Waals surface area (Å²) in [5.41, 5.74) is -1.00. The SMILES string of the molecule is C#CCCCNS(=O)(=O)c1cccc(C(F)(F)F)c1. The number of halogens is 3. The van der Waals surface area contributed by atoms with Crippen molar-refractivity contribution < 1.29 is 21.6 Å². The van der Waals surface area contributed by atoms with Gasteiger partial charge in [0.05, 0.1) is 10.5 Å². The molecule has 0 bridgehead atoms. The van der Waals surface area contributed by atoms with Gasteiger partial charge >= 0.3 is 6.18 Å². The summed E-state index contributed by atoms with van der Waals surface area (Å²) in [5, 5.41) is 0. The first-order valence-electron chi connectivity index (χ1n) is 5.38. The van der Waals surface area contributed by atoms with Gasteiger partial charge in [0.1, 0.15) is 0 Å². The fourth-order valence-electron chi connectivity index (χ4n) is 1.32. The third kappa shape index (κ3) is 4.58. The average molecular weight is 291 g/mol. The molecule has 1 rings (SSSR count). The van der Waals surface area contributed by atoms with Crippen LogP contribution in [0.15, 0.2) is 29.2 Å². The second-order valence-corrected chi connectivity index (χ2v) is 5.50. The smallest absolute Gasteiger partial charge is 0.211 e. The van der Waals surface area contributed by atoms with Gasteiger partial charge in [0.25, 0.3) is 0 Å². The lowest BCUT2D eigenvalue weighted by Gasteiger charge is -2.10. The van der Waals surface area contributed by atoms with Crippen molar-refractivity contribution in [2.24, 2.45) is 0 Å². The highest BCUT2D eigenvalue weighted by atomic mass is 32.2. The van der Waals surface area contributed by atoms with E-state index in [0.717, 1.165) is 18.2 Å². The second-order valence-electron chi connectivity index (χ2n) is 3.73. The highest BCUT2D eigenvalue weighted by Gasteiger charge is 2.31. The summed E-state index contributed by atoms with van der Waals surface area (Å²) in [7, 11) is -3.94. The van der Waals surface area contributed by atoms with Crippen molar-refractivity contribution in [2.75, 3.05) is 6.54 Å². The summed E-state index contributed by atoms with van der Waals surface area (Å²) in [6.07, 6.45) is 1.25. The van der Waals surface area contributed by atoms with E-state index in [9.17, 15) is 21.6 Å². The lowest BCUT2D eigenvalue weighted by atomic mass is 10.2. The number of hydrogen-bond donors (Lipinski definition) is 1. The Bertz CT molecular complexity index is 573. The van der Waals surface area contributed by atoms with Gasteiger partial charge in [-0.15, -0.1) is 12.3 Å². The van der Waals surface area contributed by atoms with Crippen LogP contribution >= 0.6 is 0 Å². The van der Waals surface area contributed by atoms with Crippen LogP contribution in [0.2, 0.25) is 0 Å². The van der Waals surface area contributed by atoms with Crippen molar-refractivity contribution in [3.05, 3.63) is 29.8 Å². The zero-order valence-corrected chi connectivity index (χ0v) is 10.7. The lowest BCUT2D eigenvalue weighted by molar-refractivity contribution is -0.137. The summed E-state index contributed by atoms with van der Waals surface area (Å²) in [6.45, 7) is 0.0861. The molecule has 3 nitrogen and oxygen atoms in total. The summed E-state index contributed by atoms with van der Waals surface area (Å²) in [5.74, 6) is 2.34. The van der Waals surface area contributed by atoms with Crippen molar-refractivity contribution in [3.8, 4) is 12.3 Å². The molecule has 0 aliphatic heterocycles. The maximum absolute atomic E-state index is 12.5. The molecule has 0 amide bonds. The molecule has 1 aromatic carbocycles. The Kier molecular flexibility index (Phi) is 4.97. The quantitative estimate of drug-likeness (QED) is 0.669. The average Bonchev–Trinajstić information content (AvgIpc) is 2.34. The maximum atomic E-state index is 12.5. The van der Waals surface area contributed by atoms with Gasteiger partial charge in [0.15, 0.2) is 0 Å². The van der Waals surface area contributed by atoms with Gasteiger partial charge in [-0.05, 0) is 24.6 Å². The molecule has 0 aliphatic rings. The highest BCUT2D eigenvalue weighted by Crippen LogP contribution is 2.30. The Morgan fingerprint density at radius 3 is 2.58 bits per heavy atom. The van der Waals surface area contributed by atoms with E-state index < -0.39 is 26.7 Å².